The molecule has 1 saturated carbocycles. The minimum absolute atomic E-state index is 0.688. The molecule has 0 heterocycles. The Kier molecular flexibility index (Phi) is 3.61. The molecule has 0 saturated heterocycles. The normalized spacial score (nSPS) is 24.6. The van der Waals surface area contributed by atoms with E-state index in [1.54, 1.807) is 0 Å². The standard InChI is InChI=1S/C8H18P2/c9-6-8(7-10)4-2-1-3-5-8/h1-7,9-10H2. The molecule has 0 N–H and O–H groups in total. The average molecular weight is 176 g/mol. The maximum absolute atomic E-state index is 2.91. The van der Waals surface area contributed by atoms with Gasteiger partial charge in [0.1, 0.15) is 0 Å². The minimum atomic E-state index is 0.688. The summed E-state index contributed by atoms with van der Waals surface area (Å²) in [5, 5.41) is 0. The molecule has 10 heavy (non-hydrogen) atoms. The van der Waals surface area contributed by atoms with E-state index in [-0.39, 0.29) is 0 Å². The number of rotatable bonds is 2. The summed E-state index contributed by atoms with van der Waals surface area (Å²) in [5.41, 5.74) is 0.688. The van der Waals surface area contributed by atoms with Crippen LogP contribution in [-0.2, 0) is 0 Å². The molecule has 0 amide bonds. The monoisotopic (exact) mass is 176 g/mol. The Balaban J connectivity index is 2.44. The second kappa shape index (κ2) is 4.03. The molecule has 0 aliphatic heterocycles. The fourth-order valence-corrected chi connectivity index (χ4v) is 3.28. The molecule has 2 unspecified atom stereocenters. The highest BCUT2D eigenvalue weighted by atomic mass is 31.0. The van der Waals surface area contributed by atoms with Gasteiger partial charge in [0, 0.05) is 0 Å². The van der Waals surface area contributed by atoms with Crippen molar-refractivity contribution < 1.29 is 0 Å². The summed E-state index contributed by atoms with van der Waals surface area (Å²) in [6.45, 7) is 0. The predicted octanol–water partition coefficient (Wildman–Crippen LogP) is 2.69. The van der Waals surface area contributed by atoms with Crippen molar-refractivity contribution in [1.82, 2.24) is 0 Å². The summed E-state index contributed by atoms with van der Waals surface area (Å²) < 4.78 is 0. The van der Waals surface area contributed by atoms with Gasteiger partial charge in [-0.05, 0) is 30.6 Å². The molecule has 0 nitrogen and oxygen atoms in total. The van der Waals surface area contributed by atoms with Gasteiger partial charge >= 0.3 is 0 Å². The van der Waals surface area contributed by atoms with E-state index in [0.29, 0.717) is 5.41 Å². The zero-order chi connectivity index (χ0) is 7.45. The molecular weight excluding hydrogens is 158 g/mol. The molecule has 0 spiro atoms. The lowest BCUT2D eigenvalue weighted by Gasteiger charge is -2.35. The third kappa shape index (κ3) is 1.93. The summed E-state index contributed by atoms with van der Waals surface area (Å²) in [4.78, 5) is 0. The second-order valence-electron chi connectivity index (χ2n) is 3.47. The van der Waals surface area contributed by atoms with Crippen LogP contribution in [0.2, 0.25) is 0 Å². The fraction of sp³-hybridized carbons (Fsp3) is 1.00. The Morgan fingerprint density at radius 1 is 0.900 bits per heavy atom. The van der Waals surface area contributed by atoms with Crippen LogP contribution in [0.5, 0.6) is 0 Å². The lowest BCUT2D eigenvalue weighted by molar-refractivity contribution is 0.257. The van der Waals surface area contributed by atoms with E-state index in [0.717, 1.165) is 0 Å². The Bertz CT molecular complexity index is 89.4. The van der Waals surface area contributed by atoms with Crippen LogP contribution in [0.1, 0.15) is 32.1 Å². The zero-order valence-corrected chi connectivity index (χ0v) is 8.91. The van der Waals surface area contributed by atoms with Crippen LogP contribution >= 0.6 is 18.5 Å². The van der Waals surface area contributed by atoms with E-state index in [9.17, 15) is 0 Å². The molecule has 0 radical (unpaired) electrons. The van der Waals surface area contributed by atoms with Crippen molar-refractivity contribution in [3.05, 3.63) is 0 Å². The highest BCUT2D eigenvalue weighted by molar-refractivity contribution is 7.17. The van der Waals surface area contributed by atoms with Crippen LogP contribution < -0.4 is 0 Å². The lowest BCUT2D eigenvalue weighted by Crippen LogP contribution is -2.27. The molecule has 0 bridgehead atoms. The van der Waals surface area contributed by atoms with Gasteiger partial charge in [-0.2, -0.15) is 0 Å². The van der Waals surface area contributed by atoms with E-state index < -0.39 is 0 Å². The van der Waals surface area contributed by atoms with Crippen molar-refractivity contribution in [2.24, 2.45) is 5.41 Å². The second-order valence-corrected chi connectivity index (χ2v) is 4.29. The largest absolute Gasteiger partial charge is 0.137 e. The Hall–Kier alpha value is 0.860. The van der Waals surface area contributed by atoms with E-state index in [2.05, 4.69) is 18.5 Å². The van der Waals surface area contributed by atoms with Crippen molar-refractivity contribution >= 4 is 18.5 Å². The topological polar surface area (TPSA) is 0 Å². The first-order valence-electron chi connectivity index (χ1n) is 4.23. The van der Waals surface area contributed by atoms with Crippen molar-refractivity contribution in [2.75, 3.05) is 12.3 Å². The van der Waals surface area contributed by atoms with E-state index in [4.69, 9.17) is 0 Å². The van der Waals surface area contributed by atoms with Crippen molar-refractivity contribution in [1.29, 1.82) is 0 Å². The van der Waals surface area contributed by atoms with Gasteiger partial charge in [0.15, 0.2) is 0 Å². The molecule has 60 valence electrons. The Morgan fingerprint density at radius 3 is 1.70 bits per heavy atom. The van der Waals surface area contributed by atoms with Crippen LogP contribution in [0.4, 0.5) is 0 Å². The average Bonchev–Trinajstić information content (AvgIpc) is 2.06. The molecule has 2 heteroatoms. The third-order valence-electron chi connectivity index (χ3n) is 2.78. The van der Waals surface area contributed by atoms with Gasteiger partial charge in [-0.15, -0.1) is 18.5 Å². The summed E-state index contributed by atoms with van der Waals surface area (Å²) in [6, 6.07) is 0. The van der Waals surface area contributed by atoms with Gasteiger partial charge in [0.05, 0.1) is 0 Å². The first-order chi connectivity index (χ1) is 4.83. The first-order valence-corrected chi connectivity index (χ1v) is 5.86. The quantitative estimate of drug-likeness (QED) is 0.567. The van der Waals surface area contributed by atoms with Gasteiger partial charge in [0.25, 0.3) is 0 Å². The molecular formula is C8H18P2. The fourth-order valence-electron chi connectivity index (χ4n) is 1.79. The van der Waals surface area contributed by atoms with Crippen LogP contribution in [-0.4, -0.2) is 12.3 Å². The highest BCUT2D eigenvalue weighted by Crippen LogP contribution is 2.39. The SMILES string of the molecule is PCC1(CP)CCCCC1. The molecule has 1 fully saturated rings. The maximum Gasteiger partial charge on any atom is -0.0228 e. The smallest absolute Gasteiger partial charge is 0.0228 e. The van der Waals surface area contributed by atoms with E-state index in [1.165, 1.54) is 44.4 Å². The summed E-state index contributed by atoms with van der Waals surface area (Å²) in [7, 11) is 5.82. The molecule has 0 aromatic rings. The summed E-state index contributed by atoms with van der Waals surface area (Å²) in [6.07, 6.45) is 9.91. The van der Waals surface area contributed by atoms with Gasteiger partial charge < -0.3 is 0 Å². The summed E-state index contributed by atoms with van der Waals surface area (Å²) >= 11 is 0. The Labute approximate surface area is 68.9 Å². The summed E-state index contributed by atoms with van der Waals surface area (Å²) in [5.74, 6) is 0. The zero-order valence-electron chi connectivity index (χ0n) is 6.60. The molecule has 1 aliphatic carbocycles. The molecule has 0 aromatic carbocycles. The Morgan fingerprint density at radius 2 is 1.40 bits per heavy atom. The van der Waals surface area contributed by atoms with Crippen LogP contribution in [0, 0.1) is 5.41 Å². The van der Waals surface area contributed by atoms with Crippen LogP contribution in [0.15, 0.2) is 0 Å². The van der Waals surface area contributed by atoms with Crippen molar-refractivity contribution in [3.63, 3.8) is 0 Å². The first kappa shape index (κ1) is 8.95. The van der Waals surface area contributed by atoms with Gasteiger partial charge in [-0.25, -0.2) is 0 Å². The predicted molar refractivity (Wildman–Crippen MR) is 54.7 cm³/mol. The van der Waals surface area contributed by atoms with Gasteiger partial charge in [-0.1, -0.05) is 19.3 Å². The number of hydrogen-bond acceptors (Lipinski definition) is 0. The third-order valence-corrected chi connectivity index (χ3v) is 4.51. The number of hydrogen-bond donors (Lipinski definition) is 0. The van der Waals surface area contributed by atoms with Gasteiger partial charge in [0.2, 0.25) is 0 Å². The van der Waals surface area contributed by atoms with E-state index in [1.807, 2.05) is 0 Å². The minimum Gasteiger partial charge on any atom is -0.137 e. The van der Waals surface area contributed by atoms with Crippen molar-refractivity contribution in [3.8, 4) is 0 Å². The highest BCUT2D eigenvalue weighted by Gasteiger charge is 2.27. The molecule has 0 aromatic heterocycles. The molecule has 1 aliphatic rings. The maximum atomic E-state index is 2.91. The van der Waals surface area contributed by atoms with Crippen molar-refractivity contribution in [2.45, 2.75) is 32.1 Å². The molecule has 1 rings (SSSR count). The molecule has 2 atom stereocenters. The van der Waals surface area contributed by atoms with Crippen LogP contribution in [0.3, 0.4) is 0 Å². The van der Waals surface area contributed by atoms with E-state index >= 15 is 0 Å². The van der Waals surface area contributed by atoms with Gasteiger partial charge in [-0.3, -0.25) is 0 Å². The lowest BCUT2D eigenvalue weighted by atomic mass is 9.77. The van der Waals surface area contributed by atoms with Crippen LogP contribution in [0.25, 0.3) is 0 Å².